The van der Waals surface area contributed by atoms with Crippen LogP contribution in [0.5, 0.6) is 0 Å². The number of halogens is 1. The predicted octanol–water partition coefficient (Wildman–Crippen LogP) is 4.27. The van der Waals surface area contributed by atoms with Crippen molar-refractivity contribution in [1.29, 1.82) is 0 Å². The van der Waals surface area contributed by atoms with E-state index in [1.54, 1.807) is 6.07 Å². The highest BCUT2D eigenvalue weighted by atomic mass is 79.9. The Morgan fingerprint density at radius 1 is 1.40 bits per heavy atom. The maximum Gasteiger partial charge on any atom is 0.283 e. The molecule has 110 valence electrons. The zero-order chi connectivity index (χ0) is 14.5. The summed E-state index contributed by atoms with van der Waals surface area (Å²) in [6.07, 6.45) is 5.31. The molecule has 5 heteroatoms. The highest BCUT2D eigenvalue weighted by Crippen LogP contribution is 2.30. The summed E-state index contributed by atoms with van der Waals surface area (Å²) in [5, 5.41) is 14.3. The van der Waals surface area contributed by atoms with Crippen LogP contribution in [-0.4, -0.2) is 11.5 Å². The van der Waals surface area contributed by atoms with Crippen molar-refractivity contribution in [2.24, 2.45) is 11.8 Å². The molecular weight excluding hydrogens is 320 g/mol. The van der Waals surface area contributed by atoms with Gasteiger partial charge in [-0.15, -0.1) is 0 Å². The second-order valence-corrected chi connectivity index (χ2v) is 6.45. The van der Waals surface area contributed by atoms with E-state index in [2.05, 4.69) is 28.2 Å². The Balaban J connectivity index is 1.91. The summed E-state index contributed by atoms with van der Waals surface area (Å²) in [7, 11) is 0. The van der Waals surface area contributed by atoms with Crippen LogP contribution in [0.1, 0.15) is 38.2 Å². The number of rotatable bonds is 5. The van der Waals surface area contributed by atoms with Gasteiger partial charge in [0.1, 0.15) is 0 Å². The average molecular weight is 341 g/mol. The van der Waals surface area contributed by atoms with Crippen LogP contribution in [0.2, 0.25) is 0 Å². The fourth-order valence-corrected chi connectivity index (χ4v) is 3.48. The molecule has 1 aliphatic rings. The molecule has 1 fully saturated rings. The second kappa shape index (κ2) is 7.18. The van der Waals surface area contributed by atoms with Gasteiger partial charge in [-0.25, -0.2) is 0 Å². The van der Waals surface area contributed by atoms with Crippen molar-refractivity contribution >= 4 is 21.6 Å². The Morgan fingerprint density at radius 3 is 2.85 bits per heavy atom. The monoisotopic (exact) mass is 340 g/mol. The SMILES string of the molecule is CC1CCCCC1CNCc1cccc([N+](=O)[O-])c1Br. The molecule has 1 aliphatic carbocycles. The zero-order valence-corrected chi connectivity index (χ0v) is 13.4. The number of nitrogens with one attached hydrogen (secondary N) is 1. The molecule has 20 heavy (non-hydrogen) atoms. The van der Waals surface area contributed by atoms with Crippen molar-refractivity contribution in [3.8, 4) is 0 Å². The highest BCUT2D eigenvalue weighted by molar-refractivity contribution is 9.10. The minimum atomic E-state index is -0.350. The van der Waals surface area contributed by atoms with Gasteiger partial charge in [-0.3, -0.25) is 10.1 Å². The zero-order valence-electron chi connectivity index (χ0n) is 11.8. The Hall–Kier alpha value is -0.940. The largest absolute Gasteiger partial charge is 0.312 e. The third-order valence-corrected chi connectivity index (χ3v) is 5.18. The van der Waals surface area contributed by atoms with Crippen LogP contribution in [0.15, 0.2) is 22.7 Å². The Morgan fingerprint density at radius 2 is 2.15 bits per heavy atom. The molecule has 1 N–H and O–H groups in total. The third kappa shape index (κ3) is 3.79. The third-order valence-electron chi connectivity index (χ3n) is 4.27. The lowest BCUT2D eigenvalue weighted by Gasteiger charge is -2.29. The molecule has 1 aromatic carbocycles. The van der Waals surface area contributed by atoms with Crippen molar-refractivity contribution in [2.75, 3.05) is 6.54 Å². The van der Waals surface area contributed by atoms with E-state index in [1.165, 1.54) is 31.7 Å². The van der Waals surface area contributed by atoms with Crippen LogP contribution in [0.25, 0.3) is 0 Å². The molecule has 1 saturated carbocycles. The second-order valence-electron chi connectivity index (χ2n) is 5.66. The number of benzene rings is 1. The molecule has 0 spiro atoms. The Bertz CT molecular complexity index is 479. The number of hydrogen-bond donors (Lipinski definition) is 1. The van der Waals surface area contributed by atoms with Crippen LogP contribution in [-0.2, 0) is 6.54 Å². The van der Waals surface area contributed by atoms with Crippen LogP contribution < -0.4 is 5.32 Å². The molecule has 2 unspecified atom stereocenters. The maximum absolute atomic E-state index is 10.9. The summed E-state index contributed by atoms with van der Waals surface area (Å²) < 4.78 is 0.592. The first-order chi connectivity index (χ1) is 9.59. The molecule has 0 aromatic heterocycles. The van der Waals surface area contributed by atoms with Gasteiger partial charge in [-0.2, -0.15) is 0 Å². The van der Waals surface area contributed by atoms with E-state index >= 15 is 0 Å². The minimum Gasteiger partial charge on any atom is -0.312 e. The fraction of sp³-hybridized carbons (Fsp3) is 0.600. The van der Waals surface area contributed by atoms with Gasteiger partial charge in [0.05, 0.1) is 9.40 Å². The van der Waals surface area contributed by atoms with Gasteiger partial charge in [0, 0.05) is 12.6 Å². The van der Waals surface area contributed by atoms with E-state index in [1.807, 2.05) is 6.07 Å². The first-order valence-electron chi connectivity index (χ1n) is 7.22. The van der Waals surface area contributed by atoms with Gasteiger partial charge in [0.15, 0.2) is 0 Å². The molecule has 0 heterocycles. The summed E-state index contributed by atoms with van der Waals surface area (Å²) in [4.78, 5) is 10.5. The number of nitro benzene ring substituents is 1. The van der Waals surface area contributed by atoms with E-state index in [0.29, 0.717) is 11.0 Å². The lowest BCUT2D eigenvalue weighted by molar-refractivity contribution is -0.385. The summed E-state index contributed by atoms with van der Waals surface area (Å²) in [5.74, 6) is 1.52. The molecule has 0 bridgehead atoms. The van der Waals surface area contributed by atoms with Gasteiger partial charge in [0.25, 0.3) is 5.69 Å². The normalized spacial score (nSPS) is 22.7. The van der Waals surface area contributed by atoms with Gasteiger partial charge in [0.2, 0.25) is 0 Å². The van der Waals surface area contributed by atoms with Gasteiger partial charge < -0.3 is 5.32 Å². The van der Waals surface area contributed by atoms with Gasteiger partial charge >= 0.3 is 0 Å². The van der Waals surface area contributed by atoms with E-state index in [0.717, 1.165) is 23.9 Å². The average Bonchev–Trinajstić information content (AvgIpc) is 2.42. The lowest BCUT2D eigenvalue weighted by Crippen LogP contribution is -2.29. The number of nitro groups is 1. The van der Waals surface area contributed by atoms with E-state index in [4.69, 9.17) is 0 Å². The van der Waals surface area contributed by atoms with Crippen LogP contribution in [0.4, 0.5) is 5.69 Å². The molecule has 0 saturated heterocycles. The highest BCUT2D eigenvalue weighted by Gasteiger charge is 2.21. The van der Waals surface area contributed by atoms with Crippen LogP contribution >= 0.6 is 15.9 Å². The molecule has 0 radical (unpaired) electrons. The first kappa shape index (κ1) is 15.4. The van der Waals surface area contributed by atoms with Crippen molar-refractivity contribution in [3.63, 3.8) is 0 Å². The maximum atomic E-state index is 10.9. The Labute approximate surface area is 128 Å². The van der Waals surface area contributed by atoms with Crippen molar-refractivity contribution in [3.05, 3.63) is 38.3 Å². The van der Waals surface area contributed by atoms with Gasteiger partial charge in [-0.1, -0.05) is 38.3 Å². The smallest absolute Gasteiger partial charge is 0.283 e. The van der Waals surface area contributed by atoms with E-state index < -0.39 is 0 Å². The van der Waals surface area contributed by atoms with Crippen molar-refractivity contribution in [2.45, 2.75) is 39.2 Å². The number of hydrogen-bond acceptors (Lipinski definition) is 3. The van der Waals surface area contributed by atoms with Crippen LogP contribution in [0.3, 0.4) is 0 Å². The summed E-state index contributed by atoms with van der Waals surface area (Å²) >= 11 is 3.34. The van der Waals surface area contributed by atoms with Crippen molar-refractivity contribution in [1.82, 2.24) is 5.32 Å². The Kier molecular flexibility index (Phi) is 5.54. The number of nitrogens with zero attached hydrogens (tertiary/aromatic N) is 1. The van der Waals surface area contributed by atoms with E-state index in [9.17, 15) is 10.1 Å². The summed E-state index contributed by atoms with van der Waals surface area (Å²) in [6, 6.07) is 5.19. The summed E-state index contributed by atoms with van der Waals surface area (Å²) in [5.41, 5.74) is 1.08. The summed E-state index contributed by atoms with van der Waals surface area (Å²) in [6.45, 7) is 4.00. The van der Waals surface area contributed by atoms with E-state index in [-0.39, 0.29) is 10.6 Å². The minimum absolute atomic E-state index is 0.135. The molecule has 1 aromatic rings. The first-order valence-corrected chi connectivity index (χ1v) is 8.01. The topological polar surface area (TPSA) is 55.2 Å². The standard InChI is InChI=1S/C15H21BrN2O2/c1-11-5-2-3-6-12(11)9-17-10-13-7-4-8-14(15(13)16)18(19)20/h4,7-8,11-12,17H,2-3,5-6,9-10H2,1H3. The van der Waals surface area contributed by atoms with Crippen molar-refractivity contribution < 1.29 is 4.92 Å². The van der Waals surface area contributed by atoms with Crippen LogP contribution in [0, 0.1) is 22.0 Å². The molecule has 4 nitrogen and oxygen atoms in total. The molecule has 2 rings (SSSR count). The fourth-order valence-electron chi connectivity index (χ4n) is 2.93. The predicted molar refractivity (Wildman–Crippen MR) is 83.6 cm³/mol. The molecule has 0 aliphatic heterocycles. The quantitative estimate of drug-likeness (QED) is 0.643. The molecule has 2 atom stereocenters. The van der Waals surface area contributed by atoms with Gasteiger partial charge in [-0.05, 0) is 46.3 Å². The lowest BCUT2D eigenvalue weighted by atomic mass is 9.80. The molecule has 0 amide bonds. The molecular formula is C15H21BrN2O2.